The number of nitrogens with one attached hydrogen (secondary N) is 1. The highest BCUT2D eigenvalue weighted by Crippen LogP contribution is 2.11. The number of rotatable bonds is 3. The van der Waals surface area contributed by atoms with Crippen molar-refractivity contribution in [3.8, 4) is 5.88 Å². The Bertz CT molecular complexity index is 439. The zero-order valence-corrected chi connectivity index (χ0v) is 12.1. The number of nitrogens with zero attached hydrogens (tertiary/aromatic N) is 2. The first-order chi connectivity index (χ1) is 9.58. The van der Waals surface area contributed by atoms with Crippen LogP contribution in [0.1, 0.15) is 19.4 Å². The lowest BCUT2D eigenvalue weighted by Crippen LogP contribution is -2.51. The maximum Gasteiger partial charge on any atom is 0.317 e. The molecule has 0 radical (unpaired) electrons. The number of hydrogen-bond acceptors (Lipinski definition) is 4. The third-order valence-electron chi connectivity index (χ3n) is 3.16. The van der Waals surface area contributed by atoms with Crippen molar-refractivity contribution in [3.63, 3.8) is 0 Å². The number of amides is 2. The van der Waals surface area contributed by atoms with Crippen LogP contribution in [0.2, 0.25) is 0 Å². The van der Waals surface area contributed by atoms with Crippen LogP contribution in [0.25, 0.3) is 0 Å². The molecular formula is C14H21N3O3. The number of aromatic nitrogens is 1. The van der Waals surface area contributed by atoms with Gasteiger partial charge in [0, 0.05) is 31.9 Å². The van der Waals surface area contributed by atoms with Crippen LogP contribution in [0.15, 0.2) is 18.3 Å². The van der Waals surface area contributed by atoms with Crippen LogP contribution in [0.4, 0.5) is 4.79 Å². The molecule has 2 atom stereocenters. The van der Waals surface area contributed by atoms with E-state index in [0.29, 0.717) is 25.5 Å². The van der Waals surface area contributed by atoms with Crippen LogP contribution >= 0.6 is 0 Å². The molecule has 1 aromatic heterocycles. The summed E-state index contributed by atoms with van der Waals surface area (Å²) < 4.78 is 10.6. The Morgan fingerprint density at radius 3 is 2.70 bits per heavy atom. The van der Waals surface area contributed by atoms with Gasteiger partial charge in [-0.3, -0.25) is 0 Å². The second-order valence-corrected chi connectivity index (χ2v) is 5.03. The van der Waals surface area contributed by atoms with Gasteiger partial charge in [0.15, 0.2) is 0 Å². The summed E-state index contributed by atoms with van der Waals surface area (Å²) in [6.07, 6.45) is 1.85. The highest BCUT2D eigenvalue weighted by molar-refractivity contribution is 5.74. The molecule has 1 aliphatic heterocycles. The third kappa shape index (κ3) is 3.84. The molecule has 6 heteroatoms. The zero-order valence-electron chi connectivity index (χ0n) is 12.1. The van der Waals surface area contributed by atoms with Crippen molar-refractivity contribution < 1.29 is 14.3 Å². The number of carbonyl (C=O) groups is 1. The number of hydrogen-bond donors (Lipinski definition) is 1. The van der Waals surface area contributed by atoms with Crippen molar-refractivity contribution in [3.05, 3.63) is 23.9 Å². The number of methoxy groups -OCH3 is 1. The minimum Gasteiger partial charge on any atom is -0.481 e. The van der Waals surface area contributed by atoms with Gasteiger partial charge in [0.1, 0.15) is 0 Å². The Kier molecular flexibility index (Phi) is 4.79. The van der Waals surface area contributed by atoms with E-state index < -0.39 is 0 Å². The van der Waals surface area contributed by atoms with Crippen molar-refractivity contribution in [1.29, 1.82) is 0 Å². The van der Waals surface area contributed by atoms with E-state index in [1.54, 1.807) is 24.3 Å². The van der Waals surface area contributed by atoms with Crippen molar-refractivity contribution in [1.82, 2.24) is 15.2 Å². The maximum absolute atomic E-state index is 12.1. The minimum atomic E-state index is -0.0668. The third-order valence-corrected chi connectivity index (χ3v) is 3.16. The van der Waals surface area contributed by atoms with Gasteiger partial charge in [-0.25, -0.2) is 9.78 Å². The van der Waals surface area contributed by atoms with Crippen LogP contribution < -0.4 is 10.1 Å². The van der Waals surface area contributed by atoms with E-state index in [4.69, 9.17) is 9.47 Å². The summed E-state index contributed by atoms with van der Waals surface area (Å²) in [5.41, 5.74) is 0.938. The monoisotopic (exact) mass is 279 g/mol. The Labute approximate surface area is 119 Å². The number of pyridine rings is 1. The molecule has 2 amide bonds. The lowest BCUT2D eigenvalue weighted by atomic mass is 10.2. The van der Waals surface area contributed by atoms with Crippen LogP contribution in [0.3, 0.4) is 0 Å². The van der Waals surface area contributed by atoms with E-state index in [9.17, 15) is 4.79 Å². The fraction of sp³-hybridized carbons (Fsp3) is 0.571. The fourth-order valence-electron chi connectivity index (χ4n) is 2.27. The van der Waals surface area contributed by atoms with Gasteiger partial charge in [-0.15, -0.1) is 0 Å². The summed E-state index contributed by atoms with van der Waals surface area (Å²) in [5, 5.41) is 2.90. The van der Waals surface area contributed by atoms with Gasteiger partial charge in [-0.1, -0.05) is 6.07 Å². The van der Waals surface area contributed by atoms with E-state index in [1.807, 2.05) is 19.9 Å². The Morgan fingerprint density at radius 1 is 1.45 bits per heavy atom. The van der Waals surface area contributed by atoms with Gasteiger partial charge in [0.25, 0.3) is 0 Å². The highest BCUT2D eigenvalue weighted by Gasteiger charge is 2.25. The molecule has 1 aromatic rings. The van der Waals surface area contributed by atoms with Crippen molar-refractivity contribution in [2.45, 2.75) is 32.6 Å². The first-order valence-electron chi connectivity index (χ1n) is 6.75. The predicted octanol–water partition coefficient (Wildman–Crippen LogP) is 1.41. The van der Waals surface area contributed by atoms with Gasteiger partial charge in [-0.05, 0) is 19.4 Å². The summed E-state index contributed by atoms with van der Waals surface area (Å²) in [6.45, 7) is 5.65. The summed E-state index contributed by atoms with van der Waals surface area (Å²) in [7, 11) is 1.57. The molecule has 6 nitrogen and oxygen atoms in total. The summed E-state index contributed by atoms with van der Waals surface area (Å²) in [4.78, 5) is 18.0. The van der Waals surface area contributed by atoms with Crippen LogP contribution in [0, 0.1) is 0 Å². The topological polar surface area (TPSA) is 63.7 Å². The molecular weight excluding hydrogens is 258 g/mol. The zero-order chi connectivity index (χ0) is 14.5. The number of morpholine rings is 1. The molecule has 0 spiro atoms. The van der Waals surface area contributed by atoms with Gasteiger partial charge in [-0.2, -0.15) is 0 Å². The summed E-state index contributed by atoms with van der Waals surface area (Å²) in [6, 6.07) is 3.60. The Balaban J connectivity index is 1.84. The molecule has 110 valence electrons. The SMILES string of the molecule is COc1ccc(CNC(=O)N2CC(C)OC(C)C2)cn1. The van der Waals surface area contributed by atoms with Crippen LogP contribution in [0.5, 0.6) is 5.88 Å². The van der Waals surface area contributed by atoms with E-state index in [-0.39, 0.29) is 18.2 Å². The molecule has 2 heterocycles. The number of carbonyl (C=O) groups excluding carboxylic acids is 1. The fourth-order valence-corrected chi connectivity index (χ4v) is 2.27. The predicted molar refractivity (Wildman–Crippen MR) is 74.6 cm³/mol. The van der Waals surface area contributed by atoms with Gasteiger partial charge in [0.2, 0.25) is 5.88 Å². The molecule has 0 aliphatic carbocycles. The minimum absolute atomic E-state index is 0.0668. The molecule has 1 aliphatic rings. The van der Waals surface area contributed by atoms with Gasteiger partial charge in [0.05, 0.1) is 19.3 Å². The average Bonchev–Trinajstić information content (AvgIpc) is 2.44. The molecule has 1 fully saturated rings. The molecule has 1 N–H and O–H groups in total. The Morgan fingerprint density at radius 2 is 2.15 bits per heavy atom. The highest BCUT2D eigenvalue weighted by atomic mass is 16.5. The normalized spacial score (nSPS) is 22.4. The van der Waals surface area contributed by atoms with Gasteiger partial charge >= 0.3 is 6.03 Å². The second kappa shape index (κ2) is 6.56. The van der Waals surface area contributed by atoms with E-state index >= 15 is 0 Å². The first kappa shape index (κ1) is 14.6. The van der Waals surface area contributed by atoms with E-state index in [2.05, 4.69) is 10.3 Å². The lowest BCUT2D eigenvalue weighted by molar-refractivity contribution is -0.0545. The van der Waals surface area contributed by atoms with Crippen molar-refractivity contribution >= 4 is 6.03 Å². The largest absolute Gasteiger partial charge is 0.481 e. The standard InChI is InChI=1S/C14H21N3O3/c1-10-8-17(9-11(2)20-10)14(18)16-7-12-4-5-13(19-3)15-6-12/h4-6,10-11H,7-9H2,1-3H3,(H,16,18). The lowest BCUT2D eigenvalue weighted by Gasteiger charge is -2.35. The average molecular weight is 279 g/mol. The maximum atomic E-state index is 12.1. The van der Waals surface area contributed by atoms with Crippen LogP contribution in [-0.2, 0) is 11.3 Å². The number of ether oxygens (including phenoxy) is 2. The molecule has 0 saturated carbocycles. The molecule has 0 aromatic carbocycles. The smallest absolute Gasteiger partial charge is 0.317 e. The molecule has 2 unspecified atom stereocenters. The number of urea groups is 1. The molecule has 20 heavy (non-hydrogen) atoms. The van der Waals surface area contributed by atoms with Gasteiger partial charge < -0.3 is 19.7 Å². The molecule has 2 rings (SSSR count). The Hall–Kier alpha value is -1.82. The molecule has 1 saturated heterocycles. The molecule has 0 bridgehead atoms. The first-order valence-corrected chi connectivity index (χ1v) is 6.75. The summed E-state index contributed by atoms with van der Waals surface area (Å²) >= 11 is 0. The van der Waals surface area contributed by atoms with E-state index in [1.165, 1.54) is 0 Å². The summed E-state index contributed by atoms with van der Waals surface area (Å²) in [5.74, 6) is 0.566. The quantitative estimate of drug-likeness (QED) is 0.908. The van der Waals surface area contributed by atoms with E-state index in [0.717, 1.165) is 5.56 Å². The van der Waals surface area contributed by atoms with Crippen molar-refractivity contribution in [2.24, 2.45) is 0 Å². The van der Waals surface area contributed by atoms with Crippen molar-refractivity contribution in [2.75, 3.05) is 20.2 Å². The second-order valence-electron chi connectivity index (χ2n) is 5.03. The van der Waals surface area contributed by atoms with Crippen LogP contribution in [-0.4, -0.2) is 48.3 Å².